The standard InChI is InChI=1S/C19H38N4O3.HI/c1-4-20-19(22-9-6-11-25-18-7-12-24-15-18)21-8-5-10-23-13-16(2)26-17(3)14-23;/h16-18H,4-15H2,1-3H3,(H2,20,21,22);1H. The molecule has 0 aromatic heterocycles. The SMILES string of the molecule is CCNC(=NCCCOC1CCOC1)NCCCN1CC(C)OC(C)C1.I. The summed E-state index contributed by atoms with van der Waals surface area (Å²) in [5.74, 6) is 0.903. The molecule has 0 bridgehead atoms. The molecule has 0 radical (unpaired) electrons. The van der Waals surface area contributed by atoms with Gasteiger partial charge < -0.3 is 24.8 Å². The number of nitrogens with zero attached hydrogens (tertiary/aromatic N) is 2. The van der Waals surface area contributed by atoms with Crippen molar-refractivity contribution < 1.29 is 14.2 Å². The first kappa shape index (κ1) is 24.9. The Kier molecular flexibility index (Phi) is 13.6. The summed E-state index contributed by atoms with van der Waals surface area (Å²) in [6.07, 6.45) is 4.03. The Morgan fingerprint density at radius 3 is 2.63 bits per heavy atom. The Hall–Kier alpha value is -0.160. The molecule has 160 valence electrons. The van der Waals surface area contributed by atoms with Crippen molar-refractivity contribution in [3.63, 3.8) is 0 Å². The second-order valence-corrected chi connectivity index (χ2v) is 7.27. The smallest absolute Gasteiger partial charge is 0.191 e. The summed E-state index contributed by atoms with van der Waals surface area (Å²) >= 11 is 0. The first-order valence-corrected chi connectivity index (χ1v) is 10.3. The van der Waals surface area contributed by atoms with E-state index in [4.69, 9.17) is 14.2 Å². The summed E-state index contributed by atoms with van der Waals surface area (Å²) < 4.78 is 16.9. The molecule has 8 heteroatoms. The molecule has 0 aliphatic carbocycles. The van der Waals surface area contributed by atoms with Gasteiger partial charge in [-0.25, -0.2) is 0 Å². The van der Waals surface area contributed by atoms with Crippen molar-refractivity contribution in [3.05, 3.63) is 0 Å². The Morgan fingerprint density at radius 1 is 1.19 bits per heavy atom. The normalized spacial score (nSPS) is 26.6. The van der Waals surface area contributed by atoms with E-state index in [1.54, 1.807) is 0 Å². The molecule has 0 aromatic carbocycles. The largest absolute Gasteiger partial charge is 0.379 e. The van der Waals surface area contributed by atoms with Crippen molar-refractivity contribution in [1.29, 1.82) is 0 Å². The second-order valence-electron chi connectivity index (χ2n) is 7.27. The van der Waals surface area contributed by atoms with Gasteiger partial charge in [-0.05, 0) is 40.0 Å². The van der Waals surface area contributed by atoms with Crippen LogP contribution in [0.25, 0.3) is 0 Å². The van der Waals surface area contributed by atoms with Crippen LogP contribution in [-0.2, 0) is 14.2 Å². The number of aliphatic imine (C=N–C) groups is 1. The van der Waals surface area contributed by atoms with E-state index in [0.717, 1.165) is 84.3 Å². The molecule has 2 rings (SSSR count). The van der Waals surface area contributed by atoms with Crippen LogP contribution in [0.4, 0.5) is 0 Å². The maximum Gasteiger partial charge on any atom is 0.191 e. The zero-order valence-corrected chi connectivity index (χ0v) is 19.6. The van der Waals surface area contributed by atoms with E-state index in [9.17, 15) is 0 Å². The average Bonchev–Trinajstić information content (AvgIpc) is 3.11. The molecule has 2 fully saturated rings. The topological polar surface area (TPSA) is 67.4 Å². The first-order chi connectivity index (χ1) is 12.7. The highest BCUT2D eigenvalue weighted by molar-refractivity contribution is 14.0. The Balaban J connectivity index is 0.00000364. The number of ether oxygens (including phenoxy) is 3. The highest BCUT2D eigenvalue weighted by Crippen LogP contribution is 2.10. The number of rotatable bonds is 10. The van der Waals surface area contributed by atoms with Crippen LogP contribution in [0.1, 0.15) is 40.0 Å². The van der Waals surface area contributed by atoms with E-state index in [0.29, 0.717) is 12.2 Å². The number of hydrogen-bond acceptors (Lipinski definition) is 5. The molecule has 2 aliphatic heterocycles. The summed E-state index contributed by atoms with van der Waals surface area (Å²) in [5, 5.41) is 6.75. The molecular formula is C19H39IN4O3. The lowest BCUT2D eigenvalue weighted by molar-refractivity contribution is -0.0679. The molecule has 0 amide bonds. The fourth-order valence-electron chi connectivity index (χ4n) is 3.47. The summed E-state index contributed by atoms with van der Waals surface area (Å²) in [7, 11) is 0. The predicted molar refractivity (Wildman–Crippen MR) is 120 cm³/mol. The van der Waals surface area contributed by atoms with Gasteiger partial charge in [-0.15, -0.1) is 24.0 Å². The summed E-state index contributed by atoms with van der Waals surface area (Å²) in [6, 6.07) is 0. The zero-order valence-electron chi connectivity index (χ0n) is 17.2. The average molecular weight is 498 g/mol. The number of morpholine rings is 1. The summed E-state index contributed by atoms with van der Waals surface area (Å²) in [4.78, 5) is 7.13. The lowest BCUT2D eigenvalue weighted by Gasteiger charge is -2.35. The molecule has 2 aliphatic rings. The van der Waals surface area contributed by atoms with E-state index in [-0.39, 0.29) is 30.1 Å². The van der Waals surface area contributed by atoms with E-state index in [1.165, 1.54) is 0 Å². The first-order valence-electron chi connectivity index (χ1n) is 10.3. The maximum absolute atomic E-state index is 5.79. The Morgan fingerprint density at radius 2 is 1.96 bits per heavy atom. The fourth-order valence-corrected chi connectivity index (χ4v) is 3.47. The van der Waals surface area contributed by atoms with Gasteiger partial charge in [-0.1, -0.05) is 0 Å². The van der Waals surface area contributed by atoms with Gasteiger partial charge >= 0.3 is 0 Å². The molecule has 2 N–H and O–H groups in total. The quantitative estimate of drug-likeness (QED) is 0.208. The van der Waals surface area contributed by atoms with Gasteiger partial charge in [0.1, 0.15) is 0 Å². The minimum absolute atomic E-state index is 0. The number of guanidine groups is 1. The highest BCUT2D eigenvalue weighted by atomic mass is 127. The molecule has 2 heterocycles. The van der Waals surface area contributed by atoms with E-state index in [1.807, 2.05) is 0 Å². The van der Waals surface area contributed by atoms with Crippen molar-refractivity contribution in [2.75, 3.05) is 59.1 Å². The van der Waals surface area contributed by atoms with Gasteiger partial charge in [0.25, 0.3) is 0 Å². The van der Waals surface area contributed by atoms with Crippen molar-refractivity contribution in [2.24, 2.45) is 4.99 Å². The second kappa shape index (κ2) is 14.8. The molecule has 0 saturated carbocycles. The lowest BCUT2D eigenvalue weighted by atomic mass is 10.2. The third kappa shape index (κ3) is 10.8. The van der Waals surface area contributed by atoms with Crippen molar-refractivity contribution >= 4 is 29.9 Å². The molecule has 3 atom stereocenters. The Bertz CT molecular complexity index is 398. The molecule has 27 heavy (non-hydrogen) atoms. The van der Waals surface area contributed by atoms with Crippen LogP contribution < -0.4 is 10.6 Å². The number of hydrogen-bond donors (Lipinski definition) is 2. The van der Waals surface area contributed by atoms with Crippen LogP contribution >= 0.6 is 24.0 Å². The molecule has 0 aromatic rings. The van der Waals surface area contributed by atoms with Gasteiger partial charge in [0.05, 0.1) is 24.9 Å². The molecule has 7 nitrogen and oxygen atoms in total. The van der Waals surface area contributed by atoms with Crippen molar-refractivity contribution in [1.82, 2.24) is 15.5 Å². The van der Waals surface area contributed by atoms with Crippen LogP contribution in [0.2, 0.25) is 0 Å². The lowest BCUT2D eigenvalue weighted by Crippen LogP contribution is -2.46. The predicted octanol–water partition coefficient (Wildman–Crippen LogP) is 1.85. The van der Waals surface area contributed by atoms with Crippen LogP contribution in [0.15, 0.2) is 4.99 Å². The van der Waals surface area contributed by atoms with Gasteiger partial charge in [-0.2, -0.15) is 0 Å². The molecule has 0 spiro atoms. The minimum Gasteiger partial charge on any atom is -0.379 e. The van der Waals surface area contributed by atoms with Crippen LogP contribution in [0, 0.1) is 0 Å². The maximum atomic E-state index is 5.79. The molecule has 3 unspecified atom stereocenters. The third-order valence-corrected chi connectivity index (χ3v) is 4.60. The van der Waals surface area contributed by atoms with Gasteiger partial charge in [0.15, 0.2) is 5.96 Å². The summed E-state index contributed by atoms with van der Waals surface area (Å²) in [5.41, 5.74) is 0. The van der Waals surface area contributed by atoms with Gasteiger partial charge in [-0.3, -0.25) is 9.89 Å². The zero-order chi connectivity index (χ0) is 18.6. The van der Waals surface area contributed by atoms with Crippen LogP contribution in [-0.4, -0.2) is 88.3 Å². The van der Waals surface area contributed by atoms with Gasteiger partial charge in [0, 0.05) is 52.5 Å². The van der Waals surface area contributed by atoms with Crippen molar-refractivity contribution in [2.45, 2.75) is 58.3 Å². The van der Waals surface area contributed by atoms with E-state index >= 15 is 0 Å². The van der Waals surface area contributed by atoms with Crippen LogP contribution in [0.3, 0.4) is 0 Å². The monoisotopic (exact) mass is 498 g/mol. The van der Waals surface area contributed by atoms with Crippen LogP contribution in [0.5, 0.6) is 0 Å². The van der Waals surface area contributed by atoms with Crippen molar-refractivity contribution in [3.8, 4) is 0 Å². The minimum atomic E-state index is 0. The Labute approximate surface area is 182 Å². The summed E-state index contributed by atoms with van der Waals surface area (Å²) in [6.45, 7) is 14.5. The molecule has 2 saturated heterocycles. The number of nitrogens with one attached hydrogen (secondary N) is 2. The van der Waals surface area contributed by atoms with E-state index < -0.39 is 0 Å². The van der Waals surface area contributed by atoms with E-state index in [2.05, 4.69) is 41.3 Å². The third-order valence-electron chi connectivity index (χ3n) is 4.60. The van der Waals surface area contributed by atoms with Gasteiger partial charge in [0.2, 0.25) is 0 Å². The fraction of sp³-hybridized carbons (Fsp3) is 0.947. The number of halogens is 1. The highest BCUT2D eigenvalue weighted by Gasteiger charge is 2.21. The molecular weight excluding hydrogens is 459 g/mol.